The number of likely N-dealkylation sites (tertiary alicyclic amines) is 1. The molecule has 1 heterocycles. The number of aliphatic hydroxyl groups excluding tert-OH is 1. The number of amides is 1. The highest BCUT2D eigenvalue weighted by molar-refractivity contribution is 5.68. The fraction of sp³-hybridized carbons (Fsp3) is 0.917. The lowest BCUT2D eigenvalue weighted by molar-refractivity contribution is 0.00325. The van der Waals surface area contributed by atoms with Gasteiger partial charge in [0.2, 0.25) is 0 Å². The third-order valence-corrected chi connectivity index (χ3v) is 2.83. The van der Waals surface area contributed by atoms with E-state index in [0.29, 0.717) is 19.4 Å². The zero-order chi connectivity index (χ0) is 13.1. The number of rotatable bonds is 2. The van der Waals surface area contributed by atoms with Crippen LogP contribution in [-0.4, -0.2) is 47.6 Å². The first-order valence-corrected chi connectivity index (χ1v) is 6.06. The second-order valence-electron chi connectivity index (χ2n) is 5.50. The van der Waals surface area contributed by atoms with E-state index >= 15 is 0 Å². The molecule has 0 aromatic rings. The zero-order valence-electron chi connectivity index (χ0n) is 10.8. The maximum atomic E-state index is 13.7. The van der Waals surface area contributed by atoms with Gasteiger partial charge in [-0.1, -0.05) is 0 Å². The maximum Gasteiger partial charge on any atom is 0.410 e. The zero-order valence-corrected chi connectivity index (χ0v) is 10.8. The number of hydrogen-bond acceptors (Lipinski definition) is 3. The minimum Gasteiger partial charge on any atom is -0.444 e. The molecule has 0 radical (unpaired) electrons. The van der Waals surface area contributed by atoms with Crippen LogP contribution in [0.3, 0.4) is 0 Å². The Morgan fingerprint density at radius 1 is 1.53 bits per heavy atom. The van der Waals surface area contributed by atoms with Gasteiger partial charge in [-0.2, -0.15) is 0 Å². The summed E-state index contributed by atoms with van der Waals surface area (Å²) in [7, 11) is 0. The van der Waals surface area contributed by atoms with Gasteiger partial charge in [-0.15, -0.1) is 0 Å². The molecule has 5 heteroatoms. The van der Waals surface area contributed by atoms with Crippen molar-refractivity contribution in [2.75, 3.05) is 19.7 Å². The molecule has 100 valence electrons. The predicted octanol–water partition coefficient (Wildman–Crippen LogP) is 1.96. The van der Waals surface area contributed by atoms with Gasteiger partial charge in [-0.3, -0.25) is 0 Å². The van der Waals surface area contributed by atoms with E-state index in [1.54, 1.807) is 20.8 Å². The summed E-state index contributed by atoms with van der Waals surface area (Å²) in [6.07, 6.45) is -0.476. The lowest BCUT2D eigenvalue weighted by atomic mass is 9.92. The van der Waals surface area contributed by atoms with Crippen molar-refractivity contribution in [3.63, 3.8) is 0 Å². The number of halogens is 1. The Hall–Kier alpha value is -0.840. The van der Waals surface area contributed by atoms with Crippen molar-refractivity contribution < 1.29 is 19.0 Å². The van der Waals surface area contributed by atoms with Crippen molar-refractivity contribution in [1.82, 2.24) is 4.90 Å². The van der Waals surface area contributed by atoms with E-state index in [4.69, 9.17) is 9.84 Å². The second-order valence-corrected chi connectivity index (χ2v) is 5.50. The first-order valence-electron chi connectivity index (χ1n) is 6.06. The molecule has 1 unspecified atom stereocenters. The van der Waals surface area contributed by atoms with Gasteiger partial charge >= 0.3 is 6.09 Å². The molecule has 1 aliphatic rings. The largest absolute Gasteiger partial charge is 0.444 e. The molecule has 1 saturated heterocycles. The molecule has 0 aliphatic carbocycles. The SMILES string of the molecule is CC(C)(C)OC(=O)N1CCC(CCO)[C@H](F)C1. The molecule has 0 saturated carbocycles. The van der Waals surface area contributed by atoms with Crippen LogP contribution in [0.2, 0.25) is 0 Å². The van der Waals surface area contributed by atoms with Crippen LogP contribution < -0.4 is 0 Å². The van der Waals surface area contributed by atoms with Crippen molar-refractivity contribution in [2.24, 2.45) is 5.92 Å². The summed E-state index contributed by atoms with van der Waals surface area (Å²) in [5.74, 6) is -0.140. The Bertz CT molecular complexity index is 265. The topological polar surface area (TPSA) is 49.8 Å². The highest BCUT2D eigenvalue weighted by Gasteiger charge is 2.33. The van der Waals surface area contributed by atoms with Gasteiger partial charge in [0, 0.05) is 13.2 Å². The Morgan fingerprint density at radius 2 is 2.18 bits per heavy atom. The number of ether oxygens (including phenoxy) is 1. The Balaban J connectivity index is 2.46. The normalized spacial score (nSPS) is 25.8. The summed E-state index contributed by atoms with van der Waals surface area (Å²) >= 11 is 0. The molecule has 0 bridgehead atoms. The van der Waals surface area contributed by atoms with Crippen LogP contribution in [0.25, 0.3) is 0 Å². The summed E-state index contributed by atoms with van der Waals surface area (Å²) in [6, 6.07) is 0. The molecule has 17 heavy (non-hydrogen) atoms. The number of carbonyl (C=O) groups excluding carboxylic acids is 1. The van der Waals surface area contributed by atoms with Crippen LogP contribution >= 0.6 is 0 Å². The first kappa shape index (κ1) is 14.2. The van der Waals surface area contributed by atoms with Crippen LogP contribution in [0.4, 0.5) is 9.18 Å². The molecule has 1 amide bonds. The molecule has 0 aromatic carbocycles. The van der Waals surface area contributed by atoms with Crippen molar-refractivity contribution in [3.05, 3.63) is 0 Å². The Labute approximate surface area is 102 Å². The molecule has 2 atom stereocenters. The van der Waals surface area contributed by atoms with Crippen LogP contribution in [0.15, 0.2) is 0 Å². The summed E-state index contributed by atoms with van der Waals surface area (Å²) in [6.45, 7) is 5.93. The first-order chi connectivity index (χ1) is 7.83. The standard InChI is InChI=1S/C12H22FNO3/c1-12(2,3)17-11(16)14-6-4-9(5-7-15)10(13)8-14/h9-10,15H,4-8H2,1-3H3/t9?,10-/m1/s1. The number of alkyl halides is 1. The average Bonchev–Trinajstić information content (AvgIpc) is 2.18. The van der Waals surface area contributed by atoms with E-state index in [1.165, 1.54) is 4.90 Å². The minimum absolute atomic E-state index is 0.00246. The molecule has 1 N–H and O–H groups in total. The molecule has 1 fully saturated rings. The van der Waals surface area contributed by atoms with Crippen molar-refractivity contribution in [1.29, 1.82) is 0 Å². The number of piperidine rings is 1. The molecular formula is C12H22FNO3. The van der Waals surface area contributed by atoms with E-state index in [-0.39, 0.29) is 19.1 Å². The van der Waals surface area contributed by atoms with Crippen LogP contribution in [0.1, 0.15) is 33.6 Å². The highest BCUT2D eigenvalue weighted by atomic mass is 19.1. The van der Waals surface area contributed by atoms with Gasteiger partial charge in [0.15, 0.2) is 0 Å². The van der Waals surface area contributed by atoms with Gasteiger partial charge in [0.05, 0.1) is 6.54 Å². The quantitative estimate of drug-likeness (QED) is 0.811. The highest BCUT2D eigenvalue weighted by Crippen LogP contribution is 2.24. The lowest BCUT2D eigenvalue weighted by Gasteiger charge is -2.35. The monoisotopic (exact) mass is 247 g/mol. The van der Waals surface area contributed by atoms with Gasteiger partial charge in [0.1, 0.15) is 11.8 Å². The number of carbonyl (C=O) groups is 1. The molecule has 0 spiro atoms. The third kappa shape index (κ3) is 4.50. The maximum absolute atomic E-state index is 13.7. The van der Waals surface area contributed by atoms with Crippen LogP contribution in [0.5, 0.6) is 0 Å². The van der Waals surface area contributed by atoms with Crippen molar-refractivity contribution in [2.45, 2.75) is 45.4 Å². The third-order valence-electron chi connectivity index (χ3n) is 2.83. The van der Waals surface area contributed by atoms with Gasteiger partial charge in [-0.05, 0) is 39.5 Å². The van der Waals surface area contributed by atoms with Crippen LogP contribution in [0, 0.1) is 5.92 Å². The summed E-state index contributed by atoms with van der Waals surface area (Å²) in [4.78, 5) is 13.1. The lowest BCUT2D eigenvalue weighted by Crippen LogP contribution is -2.47. The molecule has 1 rings (SSSR count). The van der Waals surface area contributed by atoms with Gasteiger partial charge < -0.3 is 14.7 Å². The van der Waals surface area contributed by atoms with Crippen LogP contribution in [-0.2, 0) is 4.74 Å². The summed E-state index contributed by atoms with van der Waals surface area (Å²) in [5, 5.41) is 8.79. The fourth-order valence-corrected chi connectivity index (χ4v) is 1.94. The molecule has 0 aromatic heterocycles. The van der Waals surface area contributed by atoms with E-state index in [9.17, 15) is 9.18 Å². The van der Waals surface area contributed by atoms with Crippen molar-refractivity contribution >= 4 is 6.09 Å². The average molecular weight is 247 g/mol. The molecule has 4 nitrogen and oxygen atoms in total. The number of aliphatic hydroxyl groups is 1. The Morgan fingerprint density at radius 3 is 2.65 bits per heavy atom. The summed E-state index contributed by atoms with van der Waals surface area (Å²) in [5.41, 5.74) is -0.551. The minimum atomic E-state index is -1.07. The summed E-state index contributed by atoms with van der Waals surface area (Å²) < 4.78 is 18.9. The number of hydrogen-bond donors (Lipinski definition) is 1. The molecular weight excluding hydrogens is 225 g/mol. The predicted molar refractivity (Wildman–Crippen MR) is 62.5 cm³/mol. The van der Waals surface area contributed by atoms with Crippen molar-refractivity contribution in [3.8, 4) is 0 Å². The van der Waals surface area contributed by atoms with E-state index < -0.39 is 17.9 Å². The number of nitrogens with zero attached hydrogens (tertiary/aromatic N) is 1. The van der Waals surface area contributed by atoms with Gasteiger partial charge in [-0.25, -0.2) is 9.18 Å². The molecule has 1 aliphatic heterocycles. The van der Waals surface area contributed by atoms with Gasteiger partial charge in [0.25, 0.3) is 0 Å². The second kappa shape index (κ2) is 5.67. The smallest absolute Gasteiger partial charge is 0.410 e. The Kier molecular flexibility index (Phi) is 4.74. The van der Waals surface area contributed by atoms with E-state index in [1.807, 2.05) is 0 Å². The van der Waals surface area contributed by atoms with E-state index in [2.05, 4.69) is 0 Å². The fourth-order valence-electron chi connectivity index (χ4n) is 1.94. The van der Waals surface area contributed by atoms with E-state index in [0.717, 1.165) is 0 Å².